The molecule has 0 aromatic heterocycles. The molecule has 0 fully saturated rings. The van der Waals surface area contributed by atoms with Crippen molar-refractivity contribution in [3.05, 3.63) is 48.0 Å². The van der Waals surface area contributed by atoms with E-state index in [2.05, 4.69) is 10.6 Å². The molecule has 25 heavy (non-hydrogen) atoms. The van der Waals surface area contributed by atoms with Crippen molar-refractivity contribution in [3.63, 3.8) is 0 Å². The molecule has 2 aromatic carbocycles. The highest BCUT2D eigenvalue weighted by molar-refractivity contribution is 5.73. The second kappa shape index (κ2) is 7.65. The maximum atomic E-state index is 11.9. The zero-order valence-electron chi connectivity index (χ0n) is 13.8. The number of fused-ring (bicyclic) bond motifs is 1. The van der Waals surface area contributed by atoms with E-state index in [1.807, 2.05) is 24.3 Å². The number of ether oxygens (including phenoxy) is 3. The molecule has 1 aliphatic rings. The van der Waals surface area contributed by atoms with Crippen molar-refractivity contribution in [1.82, 2.24) is 10.6 Å². The summed E-state index contributed by atoms with van der Waals surface area (Å²) < 4.78 is 16.4. The molecule has 2 amide bonds. The molecule has 3 rings (SSSR count). The van der Waals surface area contributed by atoms with E-state index >= 15 is 0 Å². The number of rotatable bonds is 5. The summed E-state index contributed by atoms with van der Waals surface area (Å²) >= 11 is 0. The van der Waals surface area contributed by atoms with Crippen LogP contribution in [-0.4, -0.2) is 37.5 Å². The molecular weight excluding hydrogens is 324 g/mol. The van der Waals surface area contributed by atoms with Crippen molar-refractivity contribution in [3.8, 4) is 23.0 Å². The first kappa shape index (κ1) is 16.8. The van der Waals surface area contributed by atoms with Gasteiger partial charge in [0.1, 0.15) is 6.61 Å². The summed E-state index contributed by atoms with van der Waals surface area (Å²) in [4.78, 5) is 11.9. The summed E-state index contributed by atoms with van der Waals surface area (Å²) in [7, 11) is 1.48. The van der Waals surface area contributed by atoms with Crippen molar-refractivity contribution < 1.29 is 24.1 Å². The van der Waals surface area contributed by atoms with Crippen LogP contribution in [0, 0.1) is 0 Å². The molecule has 7 nitrogen and oxygen atoms in total. The molecule has 0 radical (unpaired) electrons. The number of carbonyl (C=O) groups excluding carboxylic acids is 1. The molecule has 0 spiro atoms. The molecule has 132 valence electrons. The van der Waals surface area contributed by atoms with Crippen LogP contribution in [0.5, 0.6) is 23.0 Å². The Morgan fingerprint density at radius 2 is 2.04 bits per heavy atom. The lowest BCUT2D eigenvalue weighted by molar-refractivity contribution is 0.0918. The molecule has 2 aromatic rings. The number of carbonyl (C=O) groups is 1. The number of hydrogen-bond donors (Lipinski definition) is 3. The predicted molar refractivity (Wildman–Crippen MR) is 91.3 cm³/mol. The number of methoxy groups -OCH3 is 1. The standard InChI is InChI=1S/C18H20N2O5/c1-23-17-8-12(6-7-14(17)21)9-19-18(22)20-10-13-11-24-15-4-2-3-5-16(15)25-13/h2-8,13,21H,9-11H2,1H3,(H2,19,20,22). The van der Waals surface area contributed by atoms with Gasteiger partial charge in [-0.2, -0.15) is 0 Å². The number of para-hydroxylation sites is 2. The van der Waals surface area contributed by atoms with Crippen molar-refractivity contribution in [2.45, 2.75) is 12.6 Å². The number of urea groups is 1. The molecule has 3 N–H and O–H groups in total. The van der Waals surface area contributed by atoms with Gasteiger partial charge in [0.25, 0.3) is 0 Å². The Morgan fingerprint density at radius 3 is 2.84 bits per heavy atom. The fraction of sp³-hybridized carbons (Fsp3) is 0.278. The van der Waals surface area contributed by atoms with Crippen LogP contribution in [0.4, 0.5) is 4.79 Å². The van der Waals surface area contributed by atoms with Gasteiger partial charge in [0, 0.05) is 6.54 Å². The first-order valence-corrected chi connectivity index (χ1v) is 7.92. The summed E-state index contributed by atoms with van der Waals surface area (Å²) in [6.45, 7) is 1.03. The van der Waals surface area contributed by atoms with Crippen LogP contribution in [0.25, 0.3) is 0 Å². The summed E-state index contributed by atoms with van der Waals surface area (Å²) in [5.41, 5.74) is 0.816. The van der Waals surface area contributed by atoms with Crippen LogP contribution in [-0.2, 0) is 6.54 Å². The molecule has 7 heteroatoms. The van der Waals surface area contributed by atoms with Crippen LogP contribution >= 0.6 is 0 Å². The van der Waals surface area contributed by atoms with Gasteiger partial charge in [-0.15, -0.1) is 0 Å². The third-order valence-corrected chi connectivity index (χ3v) is 3.76. The molecule has 0 saturated carbocycles. The minimum Gasteiger partial charge on any atom is -0.504 e. The largest absolute Gasteiger partial charge is 0.504 e. The molecule has 0 aliphatic carbocycles. The highest BCUT2D eigenvalue weighted by atomic mass is 16.6. The molecule has 0 saturated heterocycles. The summed E-state index contributed by atoms with van der Waals surface area (Å²) in [5, 5.41) is 15.1. The average Bonchev–Trinajstić information content (AvgIpc) is 2.65. The lowest BCUT2D eigenvalue weighted by atomic mass is 10.2. The normalized spacial score (nSPS) is 15.3. The van der Waals surface area contributed by atoms with Gasteiger partial charge >= 0.3 is 6.03 Å². The molecule has 1 aliphatic heterocycles. The Kier molecular flexibility index (Phi) is 5.13. The maximum Gasteiger partial charge on any atom is 0.315 e. The van der Waals surface area contributed by atoms with E-state index in [-0.39, 0.29) is 17.9 Å². The number of benzene rings is 2. The fourth-order valence-corrected chi connectivity index (χ4v) is 2.45. The molecule has 0 bridgehead atoms. The van der Waals surface area contributed by atoms with Crippen molar-refractivity contribution in [2.75, 3.05) is 20.3 Å². The van der Waals surface area contributed by atoms with Gasteiger partial charge in [0.05, 0.1) is 13.7 Å². The van der Waals surface area contributed by atoms with Crippen LogP contribution < -0.4 is 24.8 Å². The topological polar surface area (TPSA) is 89.1 Å². The van der Waals surface area contributed by atoms with E-state index < -0.39 is 0 Å². The summed E-state index contributed by atoms with van der Waals surface area (Å²) in [6, 6.07) is 12.0. The summed E-state index contributed by atoms with van der Waals surface area (Å²) in [5.74, 6) is 1.82. The number of amides is 2. The Balaban J connectivity index is 1.44. The Hall–Kier alpha value is -3.09. The lowest BCUT2D eigenvalue weighted by Crippen LogP contribution is -2.44. The van der Waals surface area contributed by atoms with E-state index in [1.54, 1.807) is 12.1 Å². The van der Waals surface area contributed by atoms with Gasteiger partial charge in [-0.3, -0.25) is 0 Å². The van der Waals surface area contributed by atoms with Crippen LogP contribution in [0.3, 0.4) is 0 Å². The van der Waals surface area contributed by atoms with E-state index in [0.717, 1.165) is 5.56 Å². The van der Waals surface area contributed by atoms with Gasteiger partial charge < -0.3 is 30.0 Å². The third-order valence-electron chi connectivity index (χ3n) is 3.76. The first-order valence-electron chi connectivity index (χ1n) is 7.92. The Bertz CT molecular complexity index is 750. The fourth-order valence-electron chi connectivity index (χ4n) is 2.45. The number of phenols is 1. The number of aromatic hydroxyl groups is 1. The van der Waals surface area contributed by atoms with Gasteiger partial charge in [-0.1, -0.05) is 18.2 Å². The van der Waals surface area contributed by atoms with E-state index in [9.17, 15) is 9.90 Å². The van der Waals surface area contributed by atoms with E-state index in [0.29, 0.717) is 36.9 Å². The molecule has 1 unspecified atom stereocenters. The number of hydrogen-bond acceptors (Lipinski definition) is 5. The SMILES string of the molecule is COc1cc(CNC(=O)NCC2COc3ccccc3O2)ccc1O. The third kappa shape index (κ3) is 4.26. The van der Waals surface area contributed by atoms with Gasteiger partial charge in [-0.05, 0) is 29.8 Å². The quantitative estimate of drug-likeness (QED) is 0.772. The smallest absolute Gasteiger partial charge is 0.315 e. The zero-order valence-corrected chi connectivity index (χ0v) is 13.8. The predicted octanol–water partition coefficient (Wildman–Crippen LogP) is 2.04. The number of nitrogens with one attached hydrogen (secondary N) is 2. The highest BCUT2D eigenvalue weighted by Crippen LogP contribution is 2.30. The second-order valence-electron chi connectivity index (χ2n) is 5.57. The lowest BCUT2D eigenvalue weighted by Gasteiger charge is -2.26. The average molecular weight is 344 g/mol. The van der Waals surface area contributed by atoms with Gasteiger partial charge in [-0.25, -0.2) is 4.79 Å². The van der Waals surface area contributed by atoms with Crippen LogP contribution in [0.15, 0.2) is 42.5 Å². The Labute approximate surface area is 145 Å². The van der Waals surface area contributed by atoms with Gasteiger partial charge in [0.2, 0.25) is 0 Å². The first-order chi connectivity index (χ1) is 12.2. The Morgan fingerprint density at radius 1 is 1.24 bits per heavy atom. The molecule has 1 atom stereocenters. The molecular formula is C18H20N2O5. The van der Waals surface area contributed by atoms with Crippen molar-refractivity contribution in [1.29, 1.82) is 0 Å². The monoisotopic (exact) mass is 344 g/mol. The minimum atomic E-state index is -0.311. The van der Waals surface area contributed by atoms with Gasteiger partial charge in [0.15, 0.2) is 29.1 Å². The van der Waals surface area contributed by atoms with Crippen molar-refractivity contribution in [2.24, 2.45) is 0 Å². The highest BCUT2D eigenvalue weighted by Gasteiger charge is 2.20. The summed E-state index contributed by atoms with van der Waals surface area (Å²) in [6.07, 6.45) is -0.241. The number of phenolic OH excluding ortho intramolecular Hbond substituents is 1. The minimum absolute atomic E-state index is 0.0606. The van der Waals surface area contributed by atoms with Crippen LogP contribution in [0.2, 0.25) is 0 Å². The second-order valence-corrected chi connectivity index (χ2v) is 5.57. The van der Waals surface area contributed by atoms with Crippen LogP contribution in [0.1, 0.15) is 5.56 Å². The van der Waals surface area contributed by atoms with E-state index in [1.165, 1.54) is 13.2 Å². The van der Waals surface area contributed by atoms with Crippen molar-refractivity contribution >= 4 is 6.03 Å². The molecule has 1 heterocycles. The zero-order chi connectivity index (χ0) is 17.6. The maximum absolute atomic E-state index is 11.9. The van der Waals surface area contributed by atoms with E-state index in [4.69, 9.17) is 14.2 Å².